The summed E-state index contributed by atoms with van der Waals surface area (Å²) < 4.78 is 0.695. The highest BCUT2D eigenvalue weighted by molar-refractivity contribution is 7.18. The van der Waals surface area contributed by atoms with E-state index < -0.39 is 0 Å². The molecule has 0 spiro atoms. The SMILES string of the molecule is O=C(CN1CCCCCCC1)c1ccc(Cl)s1. The van der Waals surface area contributed by atoms with Crippen molar-refractivity contribution in [3.05, 3.63) is 21.3 Å². The molecule has 0 atom stereocenters. The van der Waals surface area contributed by atoms with Gasteiger partial charge in [0.1, 0.15) is 0 Å². The zero-order chi connectivity index (χ0) is 12.1. The van der Waals surface area contributed by atoms with Crippen molar-refractivity contribution in [2.45, 2.75) is 32.1 Å². The molecule has 1 fully saturated rings. The number of carbonyl (C=O) groups is 1. The van der Waals surface area contributed by atoms with Crippen molar-refractivity contribution in [1.82, 2.24) is 4.90 Å². The first-order chi connectivity index (χ1) is 8.25. The van der Waals surface area contributed by atoms with Gasteiger partial charge in [0.15, 0.2) is 5.78 Å². The summed E-state index contributed by atoms with van der Waals surface area (Å²) in [4.78, 5) is 15.1. The molecule has 17 heavy (non-hydrogen) atoms. The summed E-state index contributed by atoms with van der Waals surface area (Å²) in [5.41, 5.74) is 0. The van der Waals surface area contributed by atoms with Crippen LogP contribution in [0.1, 0.15) is 41.8 Å². The largest absolute Gasteiger partial charge is 0.296 e. The van der Waals surface area contributed by atoms with E-state index in [0.717, 1.165) is 18.0 Å². The fourth-order valence-corrected chi connectivity index (χ4v) is 3.19. The van der Waals surface area contributed by atoms with Crippen LogP contribution in [0.2, 0.25) is 4.34 Å². The van der Waals surface area contributed by atoms with E-state index in [9.17, 15) is 4.79 Å². The van der Waals surface area contributed by atoms with Gasteiger partial charge in [0.05, 0.1) is 15.8 Å². The van der Waals surface area contributed by atoms with Gasteiger partial charge in [0.25, 0.3) is 0 Å². The van der Waals surface area contributed by atoms with Crippen LogP contribution in [0.4, 0.5) is 0 Å². The molecule has 0 unspecified atom stereocenters. The maximum absolute atomic E-state index is 12.0. The molecule has 0 saturated carbocycles. The molecule has 1 aliphatic rings. The van der Waals surface area contributed by atoms with Crippen LogP contribution in [0.15, 0.2) is 12.1 Å². The smallest absolute Gasteiger partial charge is 0.186 e. The van der Waals surface area contributed by atoms with Crippen molar-refractivity contribution in [3.8, 4) is 0 Å². The minimum absolute atomic E-state index is 0.211. The van der Waals surface area contributed by atoms with E-state index in [-0.39, 0.29) is 5.78 Å². The van der Waals surface area contributed by atoms with Crippen molar-refractivity contribution in [2.75, 3.05) is 19.6 Å². The van der Waals surface area contributed by atoms with Gasteiger partial charge in [-0.25, -0.2) is 0 Å². The van der Waals surface area contributed by atoms with Crippen molar-refractivity contribution >= 4 is 28.7 Å². The second kappa shape index (κ2) is 6.53. The summed E-state index contributed by atoms with van der Waals surface area (Å²) in [6.07, 6.45) is 6.39. The highest BCUT2D eigenvalue weighted by Crippen LogP contribution is 2.22. The molecule has 0 amide bonds. The summed E-state index contributed by atoms with van der Waals surface area (Å²) in [6.45, 7) is 2.67. The van der Waals surface area contributed by atoms with Crippen molar-refractivity contribution in [2.24, 2.45) is 0 Å². The first-order valence-electron chi connectivity index (χ1n) is 6.26. The second-order valence-electron chi connectivity index (χ2n) is 4.57. The monoisotopic (exact) mass is 271 g/mol. The first kappa shape index (κ1) is 13.1. The number of ketones is 1. The maximum Gasteiger partial charge on any atom is 0.186 e. The van der Waals surface area contributed by atoms with Gasteiger partial charge in [-0.15, -0.1) is 11.3 Å². The van der Waals surface area contributed by atoms with E-state index in [2.05, 4.69) is 4.90 Å². The summed E-state index contributed by atoms with van der Waals surface area (Å²) in [5, 5.41) is 0. The first-order valence-corrected chi connectivity index (χ1v) is 7.46. The standard InChI is InChI=1S/C13H18ClNOS/c14-13-7-6-12(17-13)11(16)10-15-8-4-2-1-3-5-9-15/h6-7H,1-5,8-10H2. The van der Waals surface area contributed by atoms with Crippen LogP contribution in [0, 0.1) is 0 Å². The molecule has 1 aromatic heterocycles. The third kappa shape index (κ3) is 4.09. The Morgan fingerprint density at radius 1 is 1.18 bits per heavy atom. The lowest BCUT2D eigenvalue weighted by molar-refractivity contribution is 0.0928. The molecule has 2 rings (SSSR count). The minimum Gasteiger partial charge on any atom is -0.296 e. The number of nitrogens with zero attached hydrogens (tertiary/aromatic N) is 1. The van der Waals surface area contributed by atoms with Gasteiger partial charge in [0.2, 0.25) is 0 Å². The highest BCUT2D eigenvalue weighted by atomic mass is 35.5. The molecular formula is C13H18ClNOS. The third-order valence-electron chi connectivity index (χ3n) is 3.16. The predicted octanol–water partition coefficient (Wildman–Crippen LogP) is 3.85. The number of carbonyl (C=O) groups excluding carboxylic acids is 1. The van der Waals surface area contributed by atoms with Crippen LogP contribution in [0.5, 0.6) is 0 Å². The van der Waals surface area contributed by atoms with Gasteiger partial charge in [-0.2, -0.15) is 0 Å². The number of hydrogen-bond acceptors (Lipinski definition) is 3. The Bertz CT molecular complexity index is 369. The Labute approximate surface area is 112 Å². The fraction of sp³-hybridized carbons (Fsp3) is 0.615. The second-order valence-corrected chi connectivity index (χ2v) is 6.29. The van der Waals surface area contributed by atoms with Gasteiger partial charge in [-0.1, -0.05) is 30.9 Å². The Morgan fingerprint density at radius 3 is 2.41 bits per heavy atom. The van der Waals surface area contributed by atoms with Gasteiger partial charge in [0, 0.05) is 0 Å². The highest BCUT2D eigenvalue weighted by Gasteiger charge is 2.15. The Kier molecular flexibility index (Phi) is 5.01. The van der Waals surface area contributed by atoms with Crippen molar-refractivity contribution in [3.63, 3.8) is 0 Å². The van der Waals surface area contributed by atoms with E-state index in [1.54, 1.807) is 6.07 Å². The van der Waals surface area contributed by atoms with Crippen LogP contribution < -0.4 is 0 Å². The molecule has 0 aliphatic carbocycles. The number of halogens is 1. The Hall–Kier alpha value is -0.380. The molecule has 1 aliphatic heterocycles. The Balaban J connectivity index is 1.88. The van der Waals surface area contributed by atoms with Crippen LogP contribution in [0.3, 0.4) is 0 Å². The molecular weight excluding hydrogens is 254 g/mol. The molecule has 1 saturated heterocycles. The predicted molar refractivity (Wildman–Crippen MR) is 73.2 cm³/mol. The van der Waals surface area contributed by atoms with Crippen LogP contribution in [0.25, 0.3) is 0 Å². The van der Waals surface area contributed by atoms with Gasteiger partial charge >= 0.3 is 0 Å². The zero-order valence-electron chi connectivity index (χ0n) is 9.95. The molecule has 2 heterocycles. The molecule has 0 N–H and O–H groups in total. The van der Waals surface area contributed by atoms with E-state index >= 15 is 0 Å². The lowest BCUT2D eigenvalue weighted by atomic mass is 10.1. The fourth-order valence-electron chi connectivity index (χ4n) is 2.22. The summed E-state index contributed by atoms with van der Waals surface area (Å²) in [6, 6.07) is 3.63. The lowest BCUT2D eigenvalue weighted by Gasteiger charge is -2.23. The summed E-state index contributed by atoms with van der Waals surface area (Å²) >= 11 is 7.23. The van der Waals surface area contributed by atoms with Crippen LogP contribution in [-0.2, 0) is 0 Å². The number of Topliss-reactive ketones (excluding diaryl/α,β-unsaturated/α-hetero) is 1. The molecule has 0 radical (unpaired) electrons. The average Bonchev–Trinajstić information content (AvgIpc) is 2.68. The third-order valence-corrected chi connectivity index (χ3v) is 4.44. The minimum atomic E-state index is 0.211. The zero-order valence-corrected chi connectivity index (χ0v) is 11.5. The topological polar surface area (TPSA) is 20.3 Å². The van der Waals surface area contributed by atoms with Crippen LogP contribution in [-0.4, -0.2) is 30.3 Å². The molecule has 4 heteroatoms. The normalized spacial score (nSPS) is 18.6. The number of likely N-dealkylation sites (tertiary alicyclic amines) is 1. The van der Waals surface area contributed by atoms with Gasteiger partial charge in [-0.05, 0) is 38.1 Å². The maximum atomic E-state index is 12.0. The van der Waals surface area contributed by atoms with Gasteiger partial charge < -0.3 is 0 Å². The average molecular weight is 272 g/mol. The number of thiophene rings is 1. The Morgan fingerprint density at radius 2 is 1.82 bits per heavy atom. The number of rotatable bonds is 3. The van der Waals surface area contributed by atoms with E-state index in [1.165, 1.54) is 43.4 Å². The molecule has 0 bridgehead atoms. The van der Waals surface area contributed by atoms with E-state index in [0.29, 0.717) is 10.9 Å². The number of hydrogen-bond donors (Lipinski definition) is 0. The molecule has 1 aromatic rings. The summed E-state index contributed by atoms with van der Waals surface area (Å²) in [5.74, 6) is 0.211. The van der Waals surface area contributed by atoms with Gasteiger partial charge in [-0.3, -0.25) is 9.69 Å². The molecule has 94 valence electrons. The lowest BCUT2D eigenvalue weighted by Crippen LogP contribution is -2.32. The molecule has 0 aromatic carbocycles. The van der Waals surface area contributed by atoms with E-state index in [4.69, 9.17) is 11.6 Å². The summed E-state index contributed by atoms with van der Waals surface area (Å²) in [7, 11) is 0. The molecule has 2 nitrogen and oxygen atoms in total. The quantitative estimate of drug-likeness (QED) is 0.779. The van der Waals surface area contributed by atoms with Crippen LogP contribution >= 0.6 is 22.9 Å². The van der Waals surface area contributed by atoms with Crippen molar-refractivity contribution < 1.29 is 4.79 Å². The van der Waals surface area contributed by atoms with E-state index in [1.807, 2.05) is 6.07 Å². The van der Waals surface area contributed by atoms with Crippen molar-refractivity contribution in [1.29, 1.82) is 0 Å².